The number of hydrogen-bond donors (Lipinski definition) is 0. The maximum Gasteiger partial charge on any atom is 0.243 e. The Labute approximate surface area is 150 Å². The van der Waals surface area contributed by atoms with Crippen LogP contribution in [-0.4, -0.2) is 32.9 Å². The molecule has 0 aliphatic carbocycles. The van der Waals surface area contributed by atoms with Gasteiger partial charge in [0.15, 0.2) is 0 Å². The van der Waals surface area contributed by atoms with Gasteiger partial charge in [0.1, 0.15) is 5.75 Å². The van der Waals surface area contributed by atoms with Crippen molar-refractivity contribution in [2.75, 3.05) is 20.2 Å². The fraction of sp³-hybridized carbons (Fsp3) is 0.400. The summed E-state index contributed by atoms with van der Waals surface area (Å²) in [5.41, 5.74) is 4.11. The summed E-state index contributed by atoms with van der Waals surface area (Å²) in [7, 11) is -1.81. The third kappa shape index (κ3) is 3.44. The molecule has 0 spiro atoms. The minimum atomic E-state index is -3.45. The van der Waals surface area contributed by atoms with E-state index in [-0.39, 0.29) is 5.92 Å². The maximum absolute atomic E-state index is 13.1. The second-order valence-electron chi connectivity index (χ2n) is 6.82. The van der Waals surface area contributed by atoms with Gasteiger partial charge in [-0.05, 0) is 73.6 Å². The Kier molecular flexibility index (Phi) is 4.89. The molecule has 1 saturated heterocycles. The average molecular weight is 359 g/mol. The normalized spacial score (nSPS) is 18.5. The van der Waals surface area contributed by atoms with Crippen molar-refractivity contribution in [3.63, 3.8) is 0 Å². The van der Waals surface area contributed by atoms with E-state index in [0.717, 1.165) is 34.4 Å². The van der Waals surface area contributed by atoms with Crippen molar-refractivity contribution in [3.05, 3.63) is 58.7 Å². The molecule has 1 unspecified atom stereocenters. The second kappa shape index (κ2) is 6.81. The average Bonchev–Trinajstić information content (AvgIpc) is 3.09. The molecule has 1 aliphatic rings. The van der Waals surface area contributed by atoms with Crippen molar-refractivity contribution in [2.24, 2.45) is 0 Å². The number of ether oxygens (including phenoxy) is 1. The highest BCUT2D eigenvalue weighted by Gasteiger charge is 2.34. The van der Waals surface area contributed by atoms with E-state index < -0.39 is 10.0 Å². The summed E-state index contributed by atoms with van der Waals surface area (Å²) >= 11 is 0. The minimum Gasteiger partial charge on any atom is -0.497 e. The number of nitrogens with zero attached hydrogens (tertiary/aromatic N) is 1. The fourth-order valence-corrected chi connectivity index (χ4v) is 5.24. The molecule has 0 N–H and O–H groups in total. The predicted molar refractivity (Wildman–Crippen MR) is 99.8 cm³/mol. The van der Waals surface area contributed by atoms with E-state index in [0.29, 0.717) is 18.0 Å². The largest absolute Gasteiger partial charge is 0.497 e. The van der Waals surface area contributed by atoms with Crippen molar-refractivity contribution in [1.29, 1.82) is 0 Å². The first-order valence-corrected chi connectivity index (χ1v) is 9.99. The van der Waals surface area contributed by atoms with Crippen molar-refractivity contribution >= 4 is 10.0 Å². The topological polar surface area (TPSA) is 46.6 Å². The fourth-order valence-electron chi connectivity index (χ4n) is 3.45. The van der Waals surface area contributed by atoms with E-state index in [9.17, 15) is 8.42 Å². The Morgan fingerprint density at radius 3 is 2.28 bits per heavy atom. The molecular formula is C20H25NO3S. The lowest BCUT2D eigenvalue weighted by molar-refractivity contribution is 0.414. The van der Waals surface area contributed by atoms with Crippen molar-refractivity contribution in [1.82, 2.24) is 4.31 Å². The third-order valence-electron chi connectivity index (χ3n) is 5.15. The molecule has 134 valence electrons. The Hall–Kier alpha value is -1.85. The molecule has 1 fully saturated rings. The summed E-state index contributed by atoms with van der Waals surface area (Å²) in [6, 6.07) is 11.7. The summed E-state index contributed by atoms with van der Waals surface area (Å²) in [5, 5.41) is 0. The molecule has 4 nitrogen and oxygen atoms in total. The van der Waals surface area contributed by atoms with Crippen LogP contribution in [0, 0.1) is 20.8 Å². The number of benzene rings is 2. The summed E-state index contributed by atoms with van der Waals surface area (Å²) < 4.78 is 33.0. The minimum absolute atomic E-state index is 0.229. The molecule has 1 aliphatic heterocycles. The van der Waals surface area contributed by atoms with Gasteiger partial charge >= 0.3 is 0 Å². The van der Waals surface area contributed by atoms with Gasteiger partial charge < -0.3 is 4.74 Å². The van der Waals surface area contributed by atoms with Crippen LogP contribution in [0.3, 0.4) is 0 Å². The number of methoxy groups -OCH3 is 1. The van der Waals surface area contributed by atoms with E-state index >= 15 is 0 Å². The number of hydrogen-bond acceptors (Lipinski definition) is 3. The van der Waals surface area contributed by atoms with Gasteiger partial charge in [0.2, 0.25) is 10.0 Å². The summed E-state index contributed by atoms with van der Waals surface area (Å²) in [6.07, 6.45) is 0.843. The molecule has 0 aromatic heterocycles. The van der Waals surface area contributed by atoms with Gasteiger partial charge in [0.05, 0.1) is 12.0 Å². The van der Waals surface area contributed by atoms with Crippen LogP contribution in [0.5, 0.6) is 5.75 Å². The summed E-state index contributed by atoms with van der Waals surface area (Å²) in [6.45, 7) is 6.93. The van der Waals surface area contributed by atoms with E-state index in [2.05, 4.69) is 0 Å². The van der Waals surface area contributed by atoms with Crippen LogP contribution in [0.1, 0.15) is 34.6 Å². The van der Waals surface area contributed by atoms with Crippen molar-refractivity contribution in [2.45, 2.75) is 38.0 Å². The van der Waals surface area contributed by atoms with Crippen LogP contribution < -0.4 is 4.74 Å². The Morgan fingerprint density at radius 1 is 1.00 bits per heavy atom. The predicted octanol–water partition coefficient (Wildman–Crippen LogP) is 3.80. The highest BCUT2D eigenvalue weighted by atomic mass is 32.2. The maximum atomic E-state index is 13.1. The summed E-state index contributed by atoms with van der Waals surface area (Å²) in [4.78, 5) is 0.436. The molecule has 5 heteroatoms. The van der Waals surface area contributed by atoms with Gasteiger partial charge in [-0.2, -0.15) is 4.31 Å². The molecule has 3 rings (SSSR count). The SMILES string of the molecule is COc1ccc(C2CCN(S(=O)(=O)c3cc(C)c(C)cc3C)C2)cc1. The van der Waals surface area contributed by atoms with E-state index in [1.54, 1.807) is 17.5 Å². The lowest BCUT2D eigenvalue weighted by Gasteiger charge is -2.19. The first kappa shape index (κ1) is 18.0. The zero-order valence-electron chi connectivity index (χ0n) is 15.2. The molecule has 2 aromatic rings. The molecule has 0 radical (unpaired) electrons. The quantitative estimate of drug-likeness (QED) is 0.834. The Morgan fingerprint density at radius 2 is 1.64 bits per heavy atom. The van der Waals surface area contributed by atoms with Gasteiger partial charge in [-0.3, -0.25) is 0 Å². The Bertz CT molecular complexity index is 873. The molecular weight excluding hydrogens is 334 g/mol. The third-order valence-corrected chi connectivity index (χ3v) is 7.15. The van der Waals surface area contributed by atoms with Crippen LogP contribution in [0.4, 0.5) is 0 Å². The van der Waals surface area contributed by atoms with Gasteiger partial charge in [-0.1, -0.05) is 18.2 Å². The number of rotatable bonds is 4. The molecule has 1 heterocycles. The van der Waals surface area contributed by atoms with E-state index in [1.165, 1.54) is 0 Å². The van der Waals surface area contributed by atoms with E-state index in [4.69, 9.17) is 4.74 Å². The van der Waals surface area contributed by atoms with Gasteiger partial charge in [-0.25, -0.2) is 8.42 Å². The van der Waals surface area contributed by atoms with E-state index in [1.807, 2.05) is 51.1 Å². The van der Waals surface area contributed by atoms with Crippen LogP contribution in [0.15, 0.2) is 41.3 Å². The molecule has 1 atom stereocenters. The van der Waals surface area contributed by atoms with Crippen molar-refractivity contribution < 1.29 is 13.2 Å². The smallest absolute Gasteiger partial charge is 0.243 e. The lowest BCUT2D eigenvalue weighted by atomic mass is 9.99. The standard InChI is InChI=1S/C20H25NO3S/c1-14-11-16(3)20(12-15(14)2)25(22,23)21-10-9-18(13-21)17-5-7-19(24-4)8-6-17/h5-8,11-12,18H,9-10,13H2,1-4H3. The van der Waals surface area contributed by atoms with Gasteiger partial charge in [0, 0.05) is 13.1 Å². The van der Waals surface area contributed by atoms with Gasteiger partial charge in [0.25, 0.3) is 0 Å². The highest BCUT2D eigenvalue weighted by molar-refractivity contribution is 7.89. The first-order chi connectivity index (χ1) is 11.8. The van der Waals surface area contributed by atoms with Gasteiger partial charge in [-0.15, -0.1) is 0 Å². The van der Waals surface area contributed by atoms with Crippen LogP contribution in [0.2, 0.25) is 0 Å². The first-order valence-electron chi connectivity index (χ1n) is 8.55. The molecule has 25 heavy (non-hydrogen) atoms. The highest BCUT2D eigenvalue weighted by Crippen LogP contribution is 2.33. The zero-order valence-corrected chi connectivity index (χ0v) is 16.1. The molecule has 0 amide bonds. The Balaban J connectivity index is 1.84. The van der Waals surface area contributed by atoms with Crippen LogP contribution >= 0.6 is 0 Å². The lowest BCUT2D eigenvalue weighted by Crippen LogP contribution is -2.29. The monoisotopic (exact) mass is 359 g/mol. The molecule has 0 saturated carbocycles. The molecule has 0 bridgehead atoms. The van der Waals surface area contributed by atoms with Crippen LogP contribution in [0.25, 0.3) is 0 Å². The summed E-state index contributed by atoms with van der Waals surface area (Å²) in [5.74, 6) is 1.05. The zero-order chi connectivity index (χ0) is 18.2. The second-order valence-corrected chi connectivity index (χ2v) is 8.73. The van der Waals surface area contributed by atoms with Crippen molar-refractivity contribution in [3.8, 4) is 5.75 Å². The van der Waals surface area contributed by atoms with Crippen LogP contribution in [-0.2, 0) is 10.0 Å². The number of aryl methyl sites for hydroxylation is 3. The number of sulfonamides is 1. The molecule has 2 aromatic carbocycles.